The van der Waals surface area contributed by atoms with E-state index in [1.165, 1.54) is 0 Å². The maximum absolute atomic E-state index is 13.7. The molecule has 1 aromatic heterocycles. The molecule has 0 saturated carbocycles. The van der Waals surface area contributed by atoms with Gasteiger partial charge in [-0.05, 0) is 66.7 Å². The number of hydrogen-bond acceptors (Lipinski definition) is 5. The lowest BCUT2D eigenvalue weighted by atomic mass is 9.94. The number of benzene rings is 3. The highest BCUT2D eigenvalue weighted by Gasteiger charge is 2.61. The molecule has 6 nitrogen and oxygen atoms in total. The Balaban J connectivity index is 1.41. The normalized spacial score (nSPS) is 21.4. The lowest BCUT2D eigenvalue weighted by Crippen LogP contribution is -2.37. The van der Waals surface area contributed by atoms with Crippen LogP contribution in [-0.4, -0.2) is 17.9 Å². The van der Waals surface area contributed by atoms with Crippen LogP contribution in [0.2, 0.25) is 15.1 Å². The smallest absolute Gasteiger partial charge is 0.266 e. The minimum Gasteiger partial charge on any atom is -0.459 e. The number of anilines is 2. The second-order valence-electron chi connectivity index (χ2n) is 8.48. The Morgan fingerprint density at radius 2 is 1.47 bits per heavy atom. The number of para-hydroxylation sites is 1. The maximum Gasteiger partial charge on any atom is 0.266 e. The summed E-state index contributed by atoms with van der Waals surface area (Å²) in [6.07, 6.45) is -1.00. The molecule has 9 heteroatoms. The van der Waals surface area contributed by atoms with Crippen LogP contribution in [0.5, 0.6) is 0 Å². The minimum atomic E-state index is -1.00. The Morgan fingerprint density at radius 1 is 0.722 bits per heavy atom. The monoisotopic (exact) mass is 538 g/mol. The van der Waals surface area contributed by atoms with Gasteiger partial charge in [0.1, 0.15) is 23.5 Å². The van der Waals surface area contributed by atoms with Crippen LogP contribution in [0.1, 0.15) is 11.8 Å². The SMILES string of the molecule is O=C1[C@@H]2[C@@H](ON(c3ccccc3)[C@H]2c2ccc(-c3ccc(Cl)c(Cl)c3)o2)C(=O)N1c1ccc(Cl)cc1. The van der Waals surface area contributed by atoms with Crippen molar-refractivity contribution in [1.29, 1.82) is 0 Å². The van der Waals surface area contributed by atoms with E-state index in [0.29, 0.717) is 38.0 Å². The summed E-state index contributed by atoms with van der Waals surface area (Å²) in [5.74, 6) is -0.602. The maximum atomic E-state index is 13.7. The van der Waals surface area contributed by atoms with E-state index < -0.39 is 24.0 Å². The fraction of sp³-hybridized carbons (Fsp3) is 0.111. The van der Waals surface area contributed by atoms with Gasteiger partial charge in [-0.25, -0.2) is 9.96 Å². The van der Waals surface area contributed by atoms with Crippen molar-refractivity contribution in [2.75, 3.05) is 9.96 Å². The van der Waals surface area contributed by atoms with Gasteiger partial charge in [-0.1, -0.05) is 53.0 Å². The van der Waals surface area contributed by atoms with Crippen LogP contribution in [-0.2, 0) is 14.4 Å². The van der Waals surface area contributed by atoms with Crippen molar-refractivity contribution in [3.63, 3.8) is 0 Å². The summed E-state index contributed by atoms with van der Waals surface area (Å²) in [6.45, 7) is 0. The van der Waals surface area contributed by atoms with Crippen LogP contribution in [0.25, 0.3) is 11.3 Å². The Kier molecular flexibility index (Phi) is 5.77. The molecule has 0 N–H and O–H groups in total. The fourth-order valence-electron chi connectivity index (χ4n) is 4.66. The van der Waals surface area contributed by atoms with Crippen molar-refractivity contribution < 1.29 is 18.8 Å². The molecule has 3 aromatic carbocycles. The van der Waals surface area contributed by atoms with Crippen molar-refractivity contribution in [2.45, 2.75) is 12.1 Å². The highest BCUT2D eigenvalue weighted by atomic mass is 35.5. The molecule has 180 valence electrons. The van der Waals surface area contributed by atoms with E-state index in [-0.39, 0.29) is 5.91 Å². The number of halogens is 3. The number of nitrogens with zero attached hydrogens (tertiary/aromatic N) is 2. The number of imide groups is 1. The van der Waals surface area contributed by atoms with Gasteiger partial charge < -0.3 is 4.42 Å². The summed E-state index contributed by atoms with van der Waals surface area (Å²) < 4.78 is 6.23. The van der Waals surface area contributed by atoms with Gasteiger partial charge >= 0.3 is 0 Å². The molecule has 3 heterocycles. The summed E-state index contributed by atoms with van der Waals surface area (Å²) in [6, 6.07) is 23.9. The largest absolute Gasteiger partial charge is 0.459 e. The van der Waals surface area contributed by atoms with Gasteiger partial charge in [0.15, 0.2) is 6.10 Å². The lowest BCUT2D eigenvalue weighted by molar-refractivity contribution is -0.126. The molecule has 2 aliphatic rings. The molecule has 36 heavy (non-hydrogen) atoms. The first-order chi connectivity index (χ1) is 17.4. The van der Waals surface area contributed by atoms with Crippen LogP contribution in [0, 0.1) is 5.92 Å². The first-order valence-electron chi connectivity index (χ1n) is 11.1. The summed E-state index contributed by atoms with van der Waals surface area (Å²) in [5.41, 5.74) is 1.87. The van der Waals surface area contributed by atoms with Gasteiger partial charge in [-0.15, -0.1) is 0 Å². The molecule has 4 aromatic rings. The predicted molar refractivity (Wildman–Crippen MR) is 138 cm³/mol. The van der Waals surface area contributed by atoms with Crippen LogP contribution in [0.15, 0.2) is 89.3 Å². The summed E-state index contributed by atoms with van der Waals surface area (Å²) >= 11 is 18.3. The Morgan fingerprint density at radius 3 is 2.19 bits per heavy atom. The van der Waals surface area contributed by atoms with Crippen LogP contribution < -0.4 is 9.96 Å². The molecule has 0 unspecified atom stereocenters. The number of fused-ring (bicyclic) bond motifs is 1. The third-order valence-electron chi connectivity index (χ3n) is 6.33. The zero-order valence-corrected chi connectivity index (χ0v) is 20.7. The third-order valence-corrected chi connectivity index (χ3v) is 7.32. The second kappa shape index (κ2) is 8.98. The molecule has 2 amide bonds. The molecular weight excluding hydrogens is 523 g/mol. The molecule has 3 atom stereocenters. The predicted octanol–water partition coefficient (Wildman–Crippen LogP) is 6.96. The number of amides is 2. The molecule has 2 saturated heterocycles. The number of carbonyl (C=O) groups excluding carboxylic acids is 2. The molecule has 2 aliphatic heterocycles. The zero-order valence-electron chi connectivity index (χ0n) is 18.5. The summed E-state index contributed by atoms with van der Waals surface area (Å²) in [7, 11) is 0. The van der Waals surface area contributed by atoms with Crippen molar-refractivity contribution in [2.24, 2.45) is 5.92 Å². The van der Waals surface area contributed by atoms with E-state index >= 15 is 0 Å². The van der Waals surface area contributed by atoms with Gasteiger partial charge in [-0.3, -0.25) is 14.4 Å². The topological polar surface area (TPSA) is 63.0 Å². The minimum absolute atomic E-state index is 0.372. The molecule has 0 radical (unpaired) electrons. The number of carbonyl (C=O) groups is 2. The first kappa shape index (κ1) is 23.1. The molecule has 0 spiro atoms. The number of hydrogen-bond donors (Lipinski definition) is 0. The number of hydroxylamine groups is 1. The average Bonchev–Trinajstić information content (AvgIpc) is 3.58. The first-order valence-corrected chi connectivity index (χ1v) is 12.3. The Hall–Kier alpha value is -3.29. The highest BCUT2D eigenvalue weighted by molar-refractivity contribution is 6.42. The summed E-state index contributed by atoms with van der Waals surface area (Å²) in [5, 5.41) is 2.93. The van der Waals surface area contributed by atoms with Crippen molar-refractivity contribution in [3.8, 4) is 11.3 Å². The highest BCUT2D eigenvalue weighted by Crippen LogP contribution is 2.48. The second-order valence-corrected chi connectivity index (χ2v) is 9.73. The van der Waals surface area contributed by atoms with Gasteiger partial charge in [0.05, 0.1) is 21.4 Å². The van der Waals surface area contributed by atoms with Crippen LogP contribution in [0.3, 0.4) is 0 Å². The van der Waals surface area contributed by atoms with Gasteiger partial charge in [0.25, 0.3) is 5.91 Å². The van der Waals surface area contributed by atoms with Crippen molar-refractivity contribution >= 4 is 58.0 Å². The Bertz CT molecular complexity index is 1470. The van der Waals surface area contributed by atoms with Crippen LogP contribution >= 0.6 is 34.8 Å². The zero-order chi connectivity index (χ0) is 25.0. The molecule has 2 fully saturated rings. The van der Waals surface area contributed by atoms with Crippen molar-refractivity contribution in [3.05, 3.63) is 106 Å². The van der Waals surface area contributed by atoms with E-state index in [9.17, 15) is 9.59 Å². The van der Waals surface area contributed by atoms with E-state index in [1.807, 2.05) is 30.3 Å². The fourth-order valence-corrected chi connectivity index (χ4v) is 5.09. The molecule has 6 rings (SSSR count). The van der Waals surface area contributed by atoms with E-state index in [2.05, 4.69) is 0 Å². The number of furan rings is 1. The number of rotatable bonds is 4. The Labute approximate surface area is 221 Å². The third kappa shape index (κ3) is 3.78. The van der Waals surface area contributed by atoms with E-state index in [4.69, 9.17) is 44.1 Å². The molecule has 0 aliphatic carbocycles. The summed E-state index contributed by atoms with van der Waals surface area (Å²) in [4.78, 5) is 34.4. The lowest BCUT2D eigenvalue weighted by Gasteiger charge is -2.27. The molecular formula is C27H17Cl3N2O4. The van der Waals surface area contributed by atoms with Gasteiger partial charge in [-0.2, -0.15) is 0 Å². The van der Waals surface area contributed by atoms with Crippen LogP contribution in [0.4, 0.5) is 11.4 Å². The van der Waals surface area contributed by atoms with E-state index in [0.717, 1.165) is 10.5 Å². The van der Waals surface area contributed by atoms with Crippen molar-refractivity contribution in [1.82, 2.24) is 0 Å². The van der Waals surface area contributed by atoms with Gasteiger partial charge in [0, 0.05) is 10.6 Å². The van der Waals surface area contributed by atoms with Gasteiger partial charge in [0.2, 0.25) is 5.91 Å². The quantitative estimate of drug-likeness (QED) is 0.262. The van der Waals surface area contributed by atoms with E-state index in [1.54, 1.807) is 59.7 Å². The standard InChI is InChI=1S/C27H17Cl3N2O4/c28-16-7-9-17(10-8-16)31-26(33)23-24(32(36-25(23)27(31)34)18-4-2-1-3-5-18)22-13-12-21(35-22)15-6-11-19(29)20(30)14-15/h1-14,23-25H/t23-,24-,25+/m0/s1. The molecule has 0 bridgehead atoms. The average molecular weight is 540 g/mol.